The van der Waals surface area contributed by atoms with Gasteiger partial charge in [-0.05, 0) is 49.9 Å². The molecular formula is C20H20O4. The van der Waals surface area contributed by atoms with Crippen LogP contribution < -0.4 is 9.47 Å². The third-order valence-electron chi connectivity index (χ3n) is 4.32. The van der Waals surface area contributed by atoms with Gasteiger partial charge in [0.2, 0.25) is 0 Å². The first-order valence-electron chi connectivity index (χ1n) is 8.26. The molecule has 0 aromatic heterocycles. The minimum Gasteiger partial charge on any atom is -0.426 e. The molecule has 0 aliphatic heterocycles. The Morgan fingerprint density at radius 3 is 1.29 bits per heavy atom. The standard InChI is InChI=1S/C20H20O4/c21-19(23-17-7-3-1-4-8-17)15-11-13-16(14-12-15)20(22)24-18-9-5-2-6-10-18/h1-10,15-16H,11-14H2. The first-order valence-corrected chi connectivity index (χ1v) is 8.26. The summed E-state index contributed by atoms with van der Waals surface area (Å²) < 4.78 is 10.8. The van der Waals surface area contributed by atoms with Gasteiger partial charge in [0.25, 0.3) is 0 Å². The van der Waals surface area contributed by atoms with Crippen LogP contribution >= 0.6 is 0 Å². The molecule has 0 atom stereocenters. The highest BCUT2D eigenvalue weighted by Gasteiger charge is 2.32. The molecule has 0 spiro atoms. The summed E-state index contributed by atoms with van der Waals surface area (Å²) in [5.74, 6) is 0.408. The molecule has 0 radical (unpaired) electrons. The molecule has 4 nitrogen and oxygen atoms in total. The first-order chi connectivity index (χ1) is 11.7. The topological polar surface area (TPSA) is 52.6 Å². The fourth-order valence-electron chi connectivity index (χ4n) is 2.94. The number of carbonyl (C=O) groups excluding carboxylic acids is 2. The van der Waals surface area contributed by atoms with E-state index in [1.165, 1.54) is 0 Å². The van der Waals surface area contributed by atoms with Gasteiger partial charge in [0.1, 0.15) is 11.5 Å². The lowest BCUT2D eigenvalue weighted by Gasteiger charge is -2.25. The van der Waals surface area contributed by atoms with Gasteiger partial charge >= 0.3 is 11.9 Å². The van der Waals surface area contributed by atoms with E-state index < -0.39 is 0 Å². The Balaban J connectivity index is 1.48. The summed E-state index contributed by atoms with van der Waals surface area (Å²) in [6.45, 7) is 0. The van der Waals surface area contributed by atoms with Crippen LogP contribution in [0.15, 0.2) is 60.7 Å². The van der Waals surface area contributed by atoms with Gasteiger partial charge in [0.15, 0.2) is 0 Å². The zero-order valence-electron chi connectivity index (χ0n) is 13.4. The fraction of sp³-hybridized carbons (Fsp3) is 0.300. The molecule has 2 aromatic rings. The predicted molar refractivity (Wildman–Crippen MR) is 89.6 cm³/mol. The molecule has 0 N–H and O–H groups in total. The van der Waals surface area contributed by atoms with Crippen LogP contribution in [0, 0.1) is 11.8 Å². The van der Waals surface area contributed by atoms with Crippen LogP contribution in [0.3, 0.4) is 0 Å². The first kappa shape index (κ1) is 16.2. The molecule has 1 saturated carbocycles. The van der Waals surface area contributed by atoms with E-state index in [-0.39, 0.29) is 23.8 Å². The molecule has 2 aromatic carbocycles. The van der Waals surface area contributed by atoms with E-state index in [2.05, 4.69) is 0 Å². The van der Waals surface area contributed by atoms with Gasteiger partial charge in [-0.25, -0.2) is 0 Å². The number of carbonyl (C=O) groups is 2. The summed E-state index contributed by atoms with van der Waals surface area (Å²) in [7, 11) is 0. The average molecular weight is 324 g/mol. The van der Waals surface area contributed by atoms with Gasteiger partial charge in [-0.15, -0.1) is 0 Å². The second kappa shape index (κ2) is 7.77. The van der Waals surface area contributed by atoms with Crippen molar-refractivity contribution in [3.63, 3.8) is 0 Å². The van der Waals surface area contributed by atoms with Crippen molar-refractivity contribution in [2.24, 2.45) is 11.8 Å². The van der Waals surface area contributed by atoms with Gasteiger partial charge in [-0.1, -0.05) is 36.4 Å². The Labute approximate surface area is 141 Å². The maximum atomic E-state index is 12.2. The van der Waals surface area contributed by atoms with Crippen LogP contribution in [0.25, 0.3) is 0 Å². The van der Waals surface area contributed by atoms with Crippen LogP contribution in [-0.4, -0.2) is 11.9 Å². The number of ether oxygens (including phenoxy) is 2. The molecule has 24 heavy (non-hydrogen) atoms. The van der Waals surface area contributed by atoms with Gasteiger partial charge < -0.3 is 9.47 Å². The van der Waals surface area contributed by atoms with Crippen molar-refractivity contribution in [1.82, 2.24) is 0 Å². The molecule has 0 amide bonds. The lowest BCUT2D eigenvalue weighted by Crippen LogP contribution is -2.30. The van der Waals surface area contributed by atoms with Crippen molar-refractivity contribution in [1.29, 1.82) is 0 Å². The SMILES string of the molecule is O=C(Oc1ccccc1)C1CCC(C(=O)Oc2ccccc2)CC1. The Bertz CT molecular complexity index is 612. The van der Waals surface area contributed by atoms with Crippen LogP contribution in [0.1, 0.15) is 25.7 Å². The number of para-hydroxylation sites is 2. The van der Waals surface area contributed by atoms with E-state index in [1.807, 2.05) is 36.4 Å². The van der Waals surface area contributed by atoms with E-state index in [4.69, 9.17) is 9.47 Å². The van der Waals surface area contributed by atoms with Crippen LogP contribution in [0.4, 0.5) is 0 Å². The molecule has 124 valence electrons. The largest absolute Gasteiger partial charge is 0.426 e. The summed E-state index contributed by atoms with van der Waals surface area (Å²) in [6, 6.07) is 18.1. The quantitative estimate of drug-likeness (QED) is 0.630. The molecule has 0 saturated heterocycles. The third kappa shape index (κ3) is 4.22. The van der Waals surface area contributed by atoms with Crippen molar-refractivity contribution in [2.75, 3.05) is 0 Å². The lowest BCUT2D eigenvalue weighted by molar-refractivity contribution is -0.145. The Hall–Kier alpha value is -2.62. The molecule has 0 heterocycles. The van der Waals surface area contributed by atoms with Crippen LogP contribution in [0.5, 0.6) is 11.5 Å². The highest BCUT2D eigenvalue weighted by atomic mass is 16.5. The van der Waals surface area contributed by atoms with Crippen molar-refractivity contribution in [3.8, 4) is 11.5 Å². The van der Waals surface area contributed by atoms with E-state index in [1.54, 1.807) is 24.3 Å². The molecule has 0 unspecified atom stereocenters. The Morgan fingerprint density at radius 2 is 0.958 bits per heavy atom. The summed E-state index contributed by atoms with van der Waals surface area (Å²) in [4.78, 5) is 24.4. The van der Waals surface area contributed by atoms with Crippen molar-refractivity contribution >= 4 is 11.9 Å². The van der Waals surface area contributed by atoms with Crippen molar-refractivity contribution in [2.45, 2.75) is 25.7 Å². The Morgan fingerprint density at radius 1 is 0.625 bits per heavy atom. The van der Waals surface area contributed by atoms with Gasteiger partial charge in [-0.3, -0.25) is 9.59 Å². The van der Waals surface area contributed by atoms with Crippen LogP contribution in [-0.2, 0) is 9.59 Å². The Kier molecular flexibility index (Phi) is 5.26. The maximum absolute atomic E-state index is 12.2. The molecule has 4 heteroatoms. The number of hydrogen-bond acceptors (Lipinski definition) is 4. The highest BCUT2D eigenvalue weighted by molar-refractivity contribution is 5.77. The number of benzene rings is 2. The zero-order chi connectivity index (χ0) is 16.8. The molecule has 1 fully saturated rings. The van der Waals surface area contributed by atoms with Gasteiger partial charge in [-0.2, -0.15) is 0 Å². The molecule has 1 aliphatic carbocycles. The van der Waals surface area contributed by atoms with Crippen LogP contribution in [0.2, 0.25) is 0 Å². The minimum absolute atomic E-state index is 0.147. The molecule has 0 bridgehead atoms. The number of esters is 2. The summed E-state index contributed by atoms with van der Waals surface area (Å²) >= 11 is 0. The van der Waals surface area contributed by atoms with E-state index in [0.29, 0.717) is 37.2 Å². The fourth-order valence-corrected chi connectivity index (χ4v) is 2.94. The second-order valence-electron chi connectivity index (χ2n) is 6.02. The van der Waals surface area contributed by atoms with E-state index in [0.717, 1.165) is 0 Å². The molecule has 3 rings (SSSR count). The molecular weight excluding hydrogens is 304 g/mol. The van der Waals surface area contributed by atoms with Gasteiger partial charge in [0.05, 0.1) is 11.8 Å². The summed E-state index contributed by atoms with van der Waals surface area (Å²) in [5, 5.41) is 0. The highest BCUT2D eigenvalue weighted by Crippen LogP contribution is 2.31. The maximum Gasteiger partial charge on any atom is 0.314 e. The summed E-state index contributed by atoms with van der Waals surface area (Å²) in [5.41, 5.74) is 0. The van der Waals surface area contributed by atoms with Gasteiger partial charge in [0, 0.05) is 0 Å². The normalized spacial score (nSPS) is 20.2. The third-order valence-corrected chi connectivity index (χ3v) is 4.32. The number of rotatable bonds is 4. The average Bonchev–Trinajstić information content (AvgIpc) is 2.63. The van der Waals surface area contributed by atoms with E-state index >= 15 is 0 Å². The zero-order valence-corrected chi connectivity index (χ0v) is 13.4. The monoisotopic (exact) mass is 324 g/mol. The molecule has 1 aliphatic rings. The van der Waals surface area contributed by atoms with Crippen molar-refractivity contribution in [3.05, 3.63) is 60.7 Å². The second-order valence-corrected chi connectivity index (χ2v) is 6.02. The number of hydrogen-bond donors (Lipinski definition) is 0. The predicted octanol–water partition coefficient (Wildman–Crippen LogP) is 4.00. The summed E-state index contributed by atoms with van der Waals surface area (Å²) in [6.07, 6.45) is 2.61. The van der Waals surface area contributed by atoms with E-state index in [9.17, 15) is 9.59 Å². The smallest absolute Gasteiger partial charge is 0.314 e. The minimum atomic E-state index is -0.212. The van der Waals surface area contributed by atoms with Crippen molar-refractivity contribution < 1.29 is 19.1 Å². The lowest BCUT2D eigenvalue weighted by atomic mass is 9.82.